The molecule has 0 saturated heterocycles. The summed E-state index contributed by atoms with van der Waals surface area (Å²) in [6.07, 6.45) is 1.04. The number of carboxylic acid groups (broad SMARTS) is 2. The number of hydrogen-bond acceptors (Lipinski definition) is 7. The number of carboxylic acids is 2. The predicted octanol–water partition coefficient (Wildman–Crippen LogP) is -0.999. The summed E-state index contributed by atoms with van der Waals surface area (Å²) in [7, 11) is 0. The number of hydrogen-bond donors (Lipinski definition) is 8. The number of aromatic nitrogens is 1. The van der Waals surface area contributed by atoms with Crippen molar-refractivity contribution in [2.45, 2.75) is 43.9 Å². The molecule has 34 heavy (non-hydrogen) atoms. The molecule has 3 amide bonds. The molecule has 0 radical (unpaired) electrons. The van der Waals surface area contributed by atoms with E-state index in [-0.39, 0.29) is 12.2 Å². The van der Waals surface area contributed by atoms with Crippen molar-refractivity contribution in [2.24, 2.45) is 5.73 Å². The Kier molecular flexibility index (Phi) is 9.45. The third kappa shape index (κ3) is 7.22. The molecule has 0 aliphatic heterocycles. The van der Waals surface area contributed by atoms with Crippen LogP contribution in [0.5, 0.6) is 0 Å². The minimum atomic E-state index is -1.39. The number of H-pyrrole nitrogens is 1. The monoisotopic (exact) mass is 493 g/mol. The summed E-state index contributed by atoms with van der Waals surface area (Å²) in [6.45, 7) is 1.27. The van der Waals surface area contributed by atoms with E-state index >= 15 is 0 Å². The van der Waals surface area contributed by atoms with Crippen molar-refractivity contribution in [3.63, 3.8) is 0 Å². The number of para-hydroxylation sites is 1. The maximum atomic E-state index is 13.1. The van der Waals surface area contributed by atoms with E-state index in [1.165, 1.54) is 6.92 Å². The molecule has 1 aromatic heterocycles. The summed E-state index contributed by atoms with van der Waals surface area (Å²) in [6, 6.07) is 2.31. The van der Waals surface area contributed by atoms with Gasteiger partial charge in [0.05, 0.1) is 12.5 Å². The van der Waals surface area contributed by atoms with E-state index in [4.69, 9.17) is 15.9 Å². The number of thiol groups is 1. The highest BCUT2D eigenvalue weighted by atomic mass is 32.1. The molecule has 184 valence electrons. The molecule has 8 N–H and O–H groups in total. The molecule has 1 heterocycles. The fourth-order valence-corrected chi connectivity index (χ4v) is 3.39. The largest absolute Gasteiger partial charge is 0.481 e. The summed E-state index contributed by atoms with van der Waals surface area (Å²) in [5.74, 6) is -5.05. The molecule has 0 spiro atoms. The quantitative estimate of drug-likeness (QED) is 0.172. The van der Waals surface area contributed by atoms with Crippen LogP contribution in [-0.2, 0) is 30.4 Å². The lowest BCUT2D eigenvalue weighted by molar-refractivity contribution is -0.141. The summed E-state index contributed by atoms with van der Waals surface area (Å²) in [5.41, 5.74) is 7.12. The topological polar surface area (TPSA) is 204 Å². The number of fused-ring (bicyclic) bond motifs is 1. The normalized spacial score (nSPS) is 14.4. The lowest BCUT2D eigenvalue weighted by atomic mass is 10.0. The number of nitrogens with one attached hydrogen (secondary N) is 4. The van der Waals surface area contributed by atoms with Gasteiger partial charge >= 0.3 is 11.9 Å². The van der Waals surface area contributed by atoms with E-state index in [9.17, 15) is 24.0 Å². The van der Waals surface area contributed by atoms with E-state index < -0.39 is 60.2 Å². The van der Waals surface area contributed by atoms with Crippen molar-refractivity contribution >= 4 is 53.2 Å². The molecular formula is C21H27N5O7S. The molecule has 1 aromatic carbocycles. The van der Waals surface area contributed by atoms with E-state index in [0.717, 1.165) is 10.9 Å². The van der Waals surface area contributed by atoms with Crippen molar-refractivity contribution in [3.8, 4) is 0 Å². The van der Waals surface area contributed by atoms with Crippen LogP contribution in [0.15, 0.2) is 30.5 Å². The zero-order chi connectivity index (χ0) is 25.4. The standard InChI is InChI=1S/C21H27N5O7S/c1-10(21(32)33)24-20(31)16(9-34)26-19(30)15(25-18(29)13(22)7-17(27)28)6-11-8-23-14-5-3-2-4-12(11)14/h2-5,8,10,13,15-16,23,34H,6-7,9,22H2,1H3,(H,24,31)(H,25,29)(H,26,30)(H,27,28)(H,32,33). The van der Waals surface area contributed by atoms with Crippen molar-refractivity contribution in [2.75, 3.05) is 5.75 Å². The van der Waals surface area contributed by atoms with Crippen molar-refractivity contribution in [3.05, 3.63) is 36.0 Å². The van der Waals surface area contributed by atoms with Crippen LogP contribution < -0.4 is 21.7 Å². The highest BCUT2D eigenvalue weighted by Gasteiger charge is 2.30. The van der Waals surface area contributed by atoms with Crippen LogP contribution in [0.3, 0.4) is 0 Å². The Morgan fingerprint density at radius 3 is 2.24 bits per heavy atom. The molecule has 0 saturated carbocycles. The van der Waals surface area contributed by atoms with E-state index in [2.05, 4.69) is 33.6 Å². The Bertz CT molecular complexity index is 1070. The average molecular weight is 494 g/mol. The Labute approximate surface area is 200 Å². The number of benzene rings is 1. The maximum absolute atomic E-state index is 13.1. The minimum Gasteiger partial charge on any atom is -0.481 e. The second kappa shape index (κ2) is 12.0. The molecule has 4 unspecified atom stereocenters. The van der Waals surface area contributed by atoms with Gasteiger partial charge in [0.2, 0.25) is 17.7 Å². The van der Waals surface area contributed by atoms with Crippen molar-refractivity contribution in [1.82, 2.24) is 20.9 Å². The molecule has 4 atom stereocenters. The molecule has 0 bridgehead atoms. The maximum Gasteiger partial charge on any atom is 0.325 e. The fraction of sp³-hybridized carbons (Fsp3) is 0.381. The van der Waals surface area contributed by atoms with Gasteiger partial charge in [-0.25, -0.2) is 0 Å². The van der Waals surface area contributed by atoms with Crippen molar-refractivity contribution < 1.29 is 34.2 Å². The molecule has 2 aromatic rings. The first-order valence-electron chi connectivity index (χ1n) is 10.3. The molecular weight excluding hydrogens is 466 g/mol. The van der Waals surface area contributed by atoms with Crippen LogP contribution in [0.1, 0.15) is 18.9 Å². The van der Waals surface area contributed by atoms with Gasteiger partial charge in [-0.3, -0.25) is 24.0 Å². The average Bonchev–Trinajstić information content (AvgIpc) is 3.18. The van der Waals surface area contributed by atoms with Gasteiger partial charge in [-0.1, -0.05) is 18.2 Å². The molecule has 0 fully saturated rings. The third-order valence-electron chi connectivity index (χ3n) is 5.01. The van der Waals surface area contributed by atoms with Gasteiger partial charge in [-0.15, -0.1) is 0 Å². The Morgan fingerprint density at radius 2 is 1.62 bits per heavy atom. The van der Waals surface area contributed by atoms with Gasteiger partial charge in [0.25, 0.3) is 0 Å². The minimum absolute atomic E-state index is 0.00776. The SMILES string of the molecule is CC(NC(=O)C(CS)NC(=O)C(Cc1c[nH]c2ccccc12)NC(=O)C(N)CC(=O)O)C(=O)O. The smallest absolute Gasteiger partial charge is 0.325 e. The van der Waals surface area contributed by atoms with E-state index in [1.807, 2.05) is 18.2 Å². The first-order chi connectivity index (χ1) is 16.0. The number of aromatic amines is 1. The van der Waals surface area contributed by atoms with Crippen LogP contribution in [0.2, 0.25) is 0 Å². The molecule has 2 rings (SSSR count). The lowest BCUT2D eigenvalue weighted by Gasteiger charge is -2.24. The molecule has 0 aliphatic carbocycles. The first-order valence-corrected chi connectivity index (χ1v) is 10.9. The lowest BCUT2D eigenvalue weighted by Crippen LogP contribution is -2.58. The van der Waals surface area contributed by atoms with Crippen molar-refractivity contribution in [1.29, 1.82) is 0 Å². The zero-order valence-corrected chi connectivity index (χ0v) is 19.2. The highest BCUT2D eigenvalue weighted by molar-refractivity contribution is 7.80. The van der Waals surface area contributed by atoms with Crippen LogP contribution in [0, 0.1) is 0 Å². The number of amides is 3. The molecule has 12 nitrogen and oxygen atoms in total. The number of carbonyl (C=O) groups excluding carboxylic acids is 3. The second-order valence-electron chi connectivity index (χ2n) is 7.64. The summed E-state index contributed by atoms with van der Waals surface area (Å²) >= 11 is 4.05. The van der Waals surface area contributed by atoms with Crippen LogP contribution >= 0.6 is 12.6 Å². The number of nitrogens with two attached hydrogens (primary N) is 1. The van der Waals surface area contributed by atoms with E-state index in [1.54, 1.807) is 12.3 Å². The molecule has 13 heteroatoms. The summed E-state index contributed by atoms with van der Waals surface area (Å²) < 4.78 is 0. The summed E-state index contributed by atoms with van der Waals surface area (Å²) in [4.78, 5) is 62.8. The van der Waals surface area contributed by atoms with Gasteiger partial charge in [0, 0.05) is 29.3 Å². The van der Waals surface area contributed by atoms with Gasteiger partial charge in [0.1, 0.15) is 18.1 Å². The van der Waals surface area contributed by atoms with Gasteiger partial charge < -0.3 is 36.9 Å². The van der Waals surface area contributed by atoms with Gasteiger partial charge in [-0.2, -0.15) is 12.6 Å². The Balaban J connectivity index is 2.23. The third-order valence-corrected chi connectivity index (χ3v) is 5.37. The summed E-state index contributed by atoms with van der Waals surface area (Å²) in [5, 5.41) is 25.8. The number of rotatable bonds is 12. The van der Waals surface area contributed by atoms with Gasteiger partial charge in [-0.05, 0) is 18.6 Å². The highest BCUT2D eigenvalue weighted by Crippen LogP contribution is 2.19. The zero-order valence-electron chi connectivity index (χ0n) is 18.3. The molecule has 0 aliphatic rings. The first kappa shape index (κ1) is 26.7. The predicted molar refractivity (Wildman–Crippen MR) is 125 cm³/mol. The van der Waals surface area contributed by atoms with Crippen LogP contribution in [0.25, 0.3) is 10.9 Å². The van der Waals surface area contributed by atoms with Crippen LogP contribution in [0.4, 0.5) is 0 Å². The Morgan fingerprint density at radius 1 is 1.00 bits per heavy atom. The van der Waals surface area contributed by atoms with Crippen LogP contribution in [-0.4, -0.2) is 74.8 Å². The number of aliphatic carboxylic acids is 2. The van der Waals surface area contributed by atoms with Gasteiger partial charge in [0.15, 0.2) is 0 Å². The Hall–Kier alpha value is -3.58. The van der Waals surface area contributed by atoms with E-state index in [0.29, 0.717) is 5.56 Å². The number of carbonyl (C=O) groups is 5. The fourth-order valence-electron chi connectivity index (χ4n) is 3.13. The second-order valence-corrected chi connectivity index (χ2v) is 8.01.